The molecule has 0 aromatic heterocycles. The summed E-state index contributed by atoms with van der Waals surface area (Å²) < 4.78 is 15.9. The quantitative estimate of drug-likeness (QED) is 0.341. The molecule has 0 saturated heterocycles. The number of hydrogen-bond acceptors (Lipinski definition) is 5. The van der Waals surface area contributed by atoms with Crippen LogP contribution in [0.3, 0.4) is 0 Å². The van der Waals surface area contributed by atoms with Gasteiger partial charge in [-0.05, 0) is 13.0 Å². The standard InChI is InChI=1S/C8H22N2O3Si.K.H/c1-11-14(12-2,13-3)8-4-6-10-7-5-9;;/h10H,4-9H2,1-3H3;;/q;+1;-1. The average molecular weight is 262 g/mol. The van der Waals surface area contributed by atoms with E-state index in [0.29, 0.717) is 6.54 Å². The van der Waals surface area contributed by atoms with Crippen molar-refractivity contribution in [2.45, 2.75) is 12.5 Å². The molecule has 15 heavy (non-hydrogen) atoms. The van der Waals surface area contributed by atoms with Gasteiger partial charge in [0.1, 0.15) is 0 Å². The Morgan fingerprint density at radius 1 is 1.13 bits per heavy atom. The minimum Gasteiger partial charge on any atom is -1.00 e. The molecule has 0 aliphatic heterocycles. The molecule has 88 valence electrons. The molecule has 5 nitrogen and oxygen atoms in total. The monoisotopic (exact) mass is 262 g/mol. The third kappa shape index (κ3) is 8.39. The molecule has 0 rings (SSSR count). The molecule has 7 heteroatoms. The minimum absolute atomic E-state index is 0. The Hall–Kier alpha value is 1.65. The van der Waals surface area contributed by atoms with Gasteiger partial charge in [-0.25, -0.2) is 0 Å². The van der Waals surface area contributed by atoms with Crippen LogP contribution in [-0.2, 0) is 13.3 Å². The van der Waals surface area contributed by atoms with Crippen molar-refractivity contribution in [2.24, 2.45) is 5.73 Å². The second-order valence-electron chi connectivity index (χ2n) is 2.94. The van der Waals surface area contributed by atoms with Gasteiger partial charge in [0.05, 0.1) is 0 Å². The van der Waals surface area contributed by atoms with Crippen molar-refractivity contribution in [1.82, 2.24) is 5.32 Å². The molecule has 0 spiro atoms. The first-order valence-corrected chi connectivity index (χ1v) is 6.74. The van der Waals surface area contributed by atoms with Crippen molar-refractivity contribution in [1.29, 1.82) is 0 Å². The molecule has 0 amide bonds. The molecule has 0 fully saturated rings. The van der Waals surface area contributed by atoms with Crippen LogP contribution < -0.4 is 62.4 Å². The molecule has 0 unspecified atom stereocenters. The van der Waals surface area contributed by atoms with Crippen molar-refractivity contribution >= 4 is 8.80 Å². The Labute approximate surface area is 138 Å². The van der Waals surface area contributed by atoms with Crippen molar-refractivity contribution < 1.29 is 66.1 Å². The fraction of sp³-hybridized carbons (Fsp3) is 1.00. The topological polar surface area (TPSA) is 65.7 Å². The fourth-order valence-electron chi connectivity index (χ4n) is 1.21. The molecule has 0 aromatic carbocycles. The summed E-state index contributed by atoms with van der Waals surface area (Å²) >= 11 is 0. The van der Waals surface area contributed by atoms with Gasteiger partial charge < -0.3 is 25.8 Å². The average Bonchev–Trinajstić information content (AvgIpc) is 2.24. The summed E-state index contributed by atoms with van der Waals surface area (Å²) in [5, 5.41) is 3.21. The van der Waals surface area contributed by atoms with Crippen LogP contribution in [0.2, 0.25) is 6.04 Å². The SMILES string of the molecule is CO[Si](CCCNCCN)(OC)OC.[H-].[K+]. The van der Waals surface area contributed by atoms with E-state index < -0.39 is 8.80 Å². The van der Waals surface area contributed by atoms with E-state index in [1.165, 1.54) is 0 Å². The smallest absolute Gasteiger partial charge is 1.00 e. The predicted octanol–water partition coefficient (Wildman–Crippen LogP) is -3.08. The van der Waals surface area contributed by atoms with Crippen molar-refractivity contribution in [3.8, 4) is 0 Å². The predicted molar refractivity (Wildman–Crippen MR) is 59.2 cm³/mol. The largest absolute Gasteiger partial charge is 1.00 e. The summed E-state index contributed by atoms with van der Waals surface area (Å²) in [5.74, 6) is 0. The zero-order chi connectivity index (χ0) is 10.9. The molecule has 0 aliphatic rings. The van der Waals surface area contributed by atoms with Crippen LogP contribution in [0.15, 0.2) is 0 Å². The second-order valence-corrected chi connectivity index (χ2v) is 6.03. The summed E-state index contributed by atoms with van der Waals surface area (Å²) in [6.07, 6.45) is 0.974. The zero-order valence-corrected chi connectivity index (χ0v) is 14.5. The molecule has 0 aromatic rings. The Bertz CT molecular complexity index is 136. The third-order valence-corrected chi connectivity index (χ3v) is 4.92. The summed E-state index contributed by atoms with van der Waals surface area (Å²) in [5.41, 5.74) is 5.35. The van der Waals surface area contributed by atoms with Gasteiger partial charge in [-0.15, -0.1) is 0 Å². The summed E-state index contributed by atoms with van der Waals surface area (Å²) in [7, 11) is 2.55. The summed E-state index contributed by atoms with van der Waals surface area (Å²) in [6.45, 7) is 2.44. The maximum atomic E-state index is 5.35. The molecule has 0 radical (unpaired) electrons. The molecule has 0 bridgehead atoms. The zero-order valence-electron chi connectivity index (χ0n) is 11.3. The fourth-order valence-corrected chi connectivity index (χ4v) is 2.94. The molecule has 0 saturated carbocycles. The Balaban J connectivity index is -0.000000845. The molecule has 0 aliphatic carbocycles. The van der Waals surface area contributed by atoms with E-state index in [4.69, 9.17) is 19.0 Å². The summed E-state index contributed by atoms with van der Waals surface area (Å²) in [4.78, 5) is 0. The Morgan fingerprint density at radius 3 is 2.07 bits per heavy atom. The van der Waals surface area contributed by atoms with Crippen LogP contribution in [0.1, 0.15) is 7.85 Å². The van der Waals surface area contributed by atoms with Gasteiger partial charge in [0.2, 0.25) is 0 Å². The van der Waals surface area contributed by atoms with Crippen molar-refractivity contribution in [3.63, 3.8) is 0 Å². The molecular formula is C8H23KN2O3Si. The van der Waals surface area contributed by atoms with Crippen LogP contribution in [0.25, 0.3) is 0 Å². The molecule has 3 N–H and O–H groups in total. The van der Waals surface area contributed by atoms with E-state index in [0.717, 1.165) is 25.6 Å². The van der Waals surface area contributed by atoms with E-state index in [-0.39, 0.29) is 52.8 Å². The van der Waals surface area contributed by atoms with Crippen molar-refractivity contribution in [3.05, 3.63) is 0 Å². The number of nitrogens with two attached hydrogens (primary N) is 1. The van der Waals surface area contributed by atoms with Gasteiger partial charge in [0, 0.05) is 40.5 Å². The van der Waals surface area contributed by atoms with E-state index in [1.54, 1.807) is 21.3 Å². The van der Waals surface area contributed by atoms with Gasteiger partial charge in [-0.1, -0.05) is 0 Å². The van der Waals surface area contributed by atoms with Gasteiger partial charge in [-0.3, -0.25) is 0 Å². The van der Waals surface area contributed by atoms with Crippen molar-refractivity contribution in [2.75, 3.05) is 41.0 Å². The molecular weight excluding hydrogens is 239 g/mol. The number of hydrogen-bond donors (Lipinski definition) is 2. The van der Waals surface area contributed by atoms with Gasteiger partial charge in [0.15, 0.2) is 0 Å². The van der Waals surface area contributed by atoms with E-state index >= 15 is 0 Å². The Kier molecular flexibility index (Phi) is 15.4. The number of nitrogens with one attached hydrogen (secondary N) is 1. The first-order chi connectivity index (χ1) is 6.74. The van der Waals surface area contributed by atoms with Crippen LogP contribution in [0, 0.1) is 0 Å². The minimum atomic E-state index is -2.35. The van der Waals surface area contributed by atoms with E-state index in [9.17, 15) is 0 Å². The molecule has 0 heterocycles. The van der Waals surface area contributed by atoms with E-state index in [2.05, 4.69) is 5.32 Å². The first-order valence-electron chi connectivity index (χ1n) is 4.81. The number of rotatable bonds is 9. The van der Waals surface area contributed by atoms with Gasteiger partial charge >= 0.3 is 60.2 Å². The third-order valence-electron chi connectivity index (χ3n) is 2.09. The van der Waals surface area contributed by atoms with Crippen LogP contribution in [-0.4, -0.2) is 49.8 Å². The normalized spacial score (nSPS) is 11.2. The van der Waals surface area contributed by atoms with Gasteiger partial charge in [0.25, 0.3) is 0 Å². The first kappa shape index (κ1) is 19.0. The van der Waals surface area contributed by atoms with Crippen LogP contribution >= 0.6 is 0 Å². The van der Waals surface area contributed by atoms with Gasteiger partial charge in [-0.2, -0.15) is 0 Å². The maximum absolute atomic E-state index is 5.35. The summed E-state index contributed by atoms with van der Waals surface area (Å²) in [6, 6.07) is 0.827. The van der Waals surface area contributed by atoms with Crippen LogP contribution in [0.5, 0.6) is 0 Å². The van der Waals surface area contributed by atoms with E-state index in [1.807, 2.05) is 0 Å². The Morgan fingerprint density at radius 2 is 1.67 bits per heavy atom. The van der Waals surface area contributed by atoms with Crippen LogP contribution in [0.4, 0.5) is 0 Å². The second kappa shape index (κ2) is 12.1. The molecule has 0 atom stereocenters. The maximum Gasteiger partial charge on any atom is 1.00 e.